The highest BCUT2D eigenvalue weighted by Gasteiger charge is 2.32. The molecule has 0 spiro atoms. The monoisotopic (exact) mass is 365 g/mol. The number of nitrogens with zero attached hydrogens (tertiary/aromatic N) is 1. The summed E-state index contributed by atoms with van der Waals surface area (Å²) in [7, 11) is 0. The zero-order chi connectivity index (χ0) is 18.8. The Morgan fingerprint density at radius 3 is 2.65 bits per heavy atom. The van der Waals surface area contributed by atoms with E-state index in [1.165, 1.54) is 12.1 Å². The van der Waals surface area contributed by atoms with Crippen molar-refractivity contribution in [3.05, 3.63) is 41.5 Å². The van der Waals surface area contributed by atoms with E-state index in [1.807, 2.05) is 13.8 Å². The van der Waals surface area contributed by atoms with Gasteiger partial charge in [0.1, 0.15) is 17.7 Å². The highest BCUT2D eigenvalue weighted by atomic mass is 19.1. The van der Waals surface area contributed by atoms with Crippen molar-refractivity contribution >= 4 is 16.9 Å². The summed E-state index contributed by atoms with van der Waals surface area (Å²) in [5.41, 5.74) is 1.23. The molecule has 26 heavy (non-hydrogen) atoms. The molecule has 2 atom stereocenters. The summed E-state index contributed by atoms with van der Waals surface area (Å²) in [6.45, 7) is 11.1. The van der Waals surface area contributed by atoms with E-state index in [9.17, 15) is 8.78 Å². The quantitative estimate of drug-likeness (QED) is 0.726. The third-order valence-corrected chi connectivity index (χ3v) is 5.02. The number of rotatable bonds is 8. The summed E-state index contributed by atoms with van der Waals surface area (Å²) in [6, 6.07) is 1.28. The Balaban J connectivity index is 1.91. The number of anilines is 2. The molecule has 0 aromatic heterocycles. The minimum absolute atomic E-state index is 0.00178. The van der Waals surface area contributed by atoms with Crippen molar-refractivity contribution in [1.29, 1.82) is 0 Å². The number of alkyl halides is 1. The third-order valence-electron chi connectivity index (χ3n) is 5.02. The molecule has 2 unspecified atom stereocenters. The topological polar surface area (TPSA) is 27.3 Å². The zero-order valence-electron chi connectivity index (χ0n) is 15.3. The highest BCUT2D eigenvalue weighted by Crippen LogP contribution is 2.43. The van der Waals surface area contributed by atoms with Gasteiger partial charge in [0.25, 0.3) is 0 Å². The second kappa shape index (κ2) is 7.74. The summed E-state index contributed by atoms with van der Waals surface area (Å²) in [6.07, 6.45) is 1.13. The van der Waals surface area contributed by atoms with Crippen LogP contribution in [0.4, 0.5) is 24.5 Å². The van der Waals surface area contributed by atoms with Crippen molar-refractivity contribution in [2.75, 3.05) is 42.9 Å². The van der Waals surface area contributed by atoms with Gasteiger partial charge in [-0.1, -0.05) is 13.5 Å². The highest BCUT2D eigenvalue weighted by molar-refractivity contribution is 5.90. The van der Waals surface area contributed by atoms with Crippen LogP contribution in [0.25, 0.3) is 5.57 Å². The van der Waals surface area contributed by atoms with Gasteiger partial charge in [0.2, 0.25) is 0 Å². The molecular weight excluding hydrogens is 339 g/mol. The molecule has 2 N–H and O–H groups in total. The maximum Gasteiger partial charge on any atom is 0.173 e. The van der Waals surface area contributed by atoms with E-state index in [4.69, 9.17) is 0 Å². The first-order valence-corrected chi connectivity index (χ1v) is 9.24. The Kier molecular flexibility index (Phi) is 5.61. The SMILES string of the molecule is C=C(C1=CC1F)c1cc(F)c(N2CCC(CNCC)C2)c(F)c1NCC. The number of halogens is 3. The first-order chi connectivity index (χ1) is 12.5. The normalized spacial score (nSPS) is 21.7. The molecule has 6 heteroatoms. The summed E-state index contributed by atoms with van der Waals surface area (Å²) in [5, 5.41) is 6.26. The van der Waals surface area contributed by atoms with Gasteiger partial charge in [-0.25, -0.2) is 13.2 Å². The molecule has 1 aliphatic heterocycles. The lowest BCUT2D eigenvalue weighted by atomic mass is 10.0. The van der Waals surface area contributed by atoms with Crippen molar-refractivity contribution < 1.29 is 13.2 Å². The van der Waals surface area contributed by atoms with Gasteiger partial charge < -0.3 is 15.5 Å². The smallest absolute Gasteiger partial charge is 0.173 e. The molecule has 0 amide bonds. The van der Waals surface area contributed by atoms with Gasteiger partial charge in [-0.2, -0.15) is 0 Å². The number of hydrogen-bond acceptors (Lipinski definition) is 3. The van der Waals surface area contributed by atoms with Crippen LogP contribution >= 0.6 is 0 Å². The first kappa shape index (κ1) is 18.8. The van der Waals surface area contributed by atoms with Gasteiger partial charge in [0.05, 0.1) is 5.69 Å². The molecule has 3 rings (SSSR count). The third kappa shape index (κ3) is 3.61. The molecule has 3 nitrogen and oxygen atoms in total. The number of nitrogens with one attached hydrogen (secondary N) is 2. The van der Waals surface area contributed by atoms with E-state index in [1.54, 1.807) is 4.90 Å². The molecule has 0 radical (unpaired) electrons. The average Bonchev–Trinajstić information content (AvgIpc) is 3.16. The fourth-order valence-electron chi connectivity index (χ4n) is 3.57. The van der Waals surface area contributed by atoms with Crippen molar-refractivity contribution in [2.45, 2.75) is 26.4 Å². The predicted octanol–water partition coefficient (Wildman–Crippen LogP) is 4.12. The molecule has 142 valence electrons. The Hall–Kier alpha value is -1.95. The predicted molar refractivity (Wildman–Crippen MR) is 101 cm³/mol. The summed E-state index contributed by atoms with van der Waals surface area (Å²) >= 11 is 0. The van der Waals surface area contributed by atoms with Crippen LogP contribution in [0.5, 0.6) is 0 Å². The van der Waals surface area contributed by atoms with E-state index in [0.29, 0.717) is 42.3 Å². The second-order valence-corrected chi connectivity index (χ2v) is 6.88. The van der Waals surface area contributed by atoms with Gasteiger partial charge in [-0.15, -0.1) is 0 Å². The molecule has 0 saturated carbocycles. The standard InChI is InChI=1S/C20H26F3N3/c1-4-24-10-13-6-7-26(11-13)20-17(22)9-15(12(3)14-8-16(14)21)19(18(20)23)25-5-2/h8-9,13,16,24-25H,3-7,10-11H2,1-2H3. The number of benzene rings is 1. The molecule has 1 aromatic carbocycles. The van der Waals surface area contributed by atoms with Crippen molar-refractivity contribution in [3.8, 4) is 0 Å². The summed E-state index contributed by atoms with van der Waals surface area (Å²) in [5.74, 6) is -0.875. The lowest BCUT2D eigenvalue weighted by molar-refractivity contribution is 0.506. The Labute approximate surface area is 153 Å². The minimum Gasteiger partial charge on any atom is -0.382 e. The van der Waals surface area contributed by atoms with E-state index < -0.39 is 17.8 Å². The average molecular weight is 365 g/mol. The number of allylic oxidation sites excluding steroid dienone is 3. The molecule has 1 saturated heterocycles. The van der Waals surface area contributed by atoms with E-state index >= 15 is 4.39 Å². The van der Waals surface area contributed by atoms with Gasteiger partial charge in [-0.3, -0.25) is 0 Å². The van der Waals surface area contributed by atoms with Crippen LogP contribution in [0.3, 0.4) is 0 Å². The van der Waals surface area contributed by atoms with Crippen molar-refractivity contribution in [1.82, 2.24) is 5.32 Å². The van der Waals surface area contributed by atoms with E-state index in [0.717, 1.165) is 19.5 Å². The number of hydrogen-bond donors (Lipinski definition) is 2. The largest absolute Gasteiger partial charge is 0.382 e. The summed E-state index contributed by atoms with van der Waals surface area (Å²) in [4.78, 5) is 1.77. The maximum absolute atomic E-state index is 15.2. The van der Waals surface area contributed by atoms with Crippen molar-refractivity contribution in [3.63, 3.8) is 0 Å². The second-order valence-electron chi connectivity index (χ2n) is 6.88. The molecule has 1 fully saturated rings. The van der Waals surface area contributed by atoms with Crippen LogP contribution in [0, 0.1) is 17.6 Å². The van der Waals surface area contributed by atoms with Crippen LogP contribution in [0.2, 0.25) is 0 Å². The zero-order valence-corrected chi connectivity index (χ0v) is 15.3. The van der Waals surface area contributed by atoms with E-state index in [-0.39, 0.29) is 11.4 Å². The van der Waals surface area contributed by atoms with Crippen LogP contribution in [0.15, 0.2) is 24.3 Å². The van der Waals surface area contributed by atoms with Crippen LogP contribution < -0.4 is 15.5 Å². The molecule has 1 aromatic rings. The molecule has 1 aliphatic carbocycles. The van der Waals surface area contributed by atoms with Crippen LogP contribution in [-0.2, 0) is 0 Å². The Morgan fingerprint density at radius 1 is 1.31 bits per heavy atom. The van der Waals surface area contributed by atoms with Gasteiger partial charge >= 0.3 is 0 Å². The van der Waals surface area contributed by atoms with Gasteiger partial charge in [0, 0.05) is 25.2 Å². The molecule has 0 bridgehead atoms. The van der Waals surface area contributed by atoms with Gasteiger partial charge in [0.15, 0.2) is 5.82 Å². The Morgan fingerprint density at radius 2 is 2.04 bits per heavy atom. The first-order valence-electron chi connectivity index (χ1n) is 9.24. The van der Waals surface area contributed by atoms with E-state index in [2.05, 4.69) is 17.2 Å². The maximum atomic E-state index is 15.2. The van der Waals surface area contributed by atoms with Crippen LogP contribution in [-0.4, -0.2) is 38.9 Å². The molecule has 1 heterocycles. The summed E-state index contributed by atoms with van der Waals surface area (Å²) < 4.78 is 43.4. The van der Waals surface area contributed by atoms with Crippen LogP contribution in [0.1, 0.15) is 25.8 Å². The lowest BCUT2D eigenvalue weighted by Crippen LogP contribution is -2.27. The fraction of sp³-hybridized carbons (Fsp3) is 0.500. The molecule has 2 aliphatic rings. The fourth-order valence-corrected chi connectivity index (χ4v) is 3.57. The minimum atomic E-state index is -1.16. The lowest BCUT2D eigenvalue weighted by Gasteiger charge is -2.24. The molecular formula is C20H26F3N3. The van der Waals surface area contributed by atoms with Gasteiger partial charge in [-0.05, 0) is 55.6 Å². The Bertz CT molecular complexity index is 730. The van der Waals surface area contributed by atoms with Crippen molar-refractivity contribution in [2.24, 2.45) is 5.92 Å².